The summed E-state index contributed by atoms with van der Waals surface area (Å²) in [4.78, 5) is 27.6. The quantitative estimate of drug-likeness (QED) is 0.675. The van der Waals surface area contributed by atoms with Crippen LogP contribution in [-0.2, 0) is 16.1 Å². The highest BCUT2D eigenvalue weighted by Gasteiger charge is 2.17. The number of amides is 2. The van der Waals surface area contributed by atoms with Crippen LogP contribution in [0.3, 0.4) is 0 Å². The van der Waals surface area contributed by atoms with E-state index in [0.29, 0.717) is 16.4 Å². The van der Waals surface area contributed by atoms with Crippen molar-refractivity contribution in [3.8, 4) is 11.4 Å². The van der Waals surface area contributed by atoms with Gasteiger partial charge in [-0.1, -0.05) is 42.7 Å². The Morgan fingerprint density at radius 1 is 1.32 bits per heavy atom. The first kappa shape index (κ1) is 18.9. The number of aromatic nitrogens is 2. The van der Waals surface area contributed by atoms with Gasteiger partial charge in [-0.05, 0) is 18.1 Å². The summed E-state index contributed by atoms with van der Waals surface area (Å²) >= 11 is 5.92. The number of nitrogens with zero attached hydrogens (tertiary/aromatic N) is 2. The van der Waals surface area contributed by atoms with E-state index in [0.717, 1.165) is 0 Å². The first-order valence-electron chi connectivity index (χ1n) is 7.75. The number of carbonyl (C=O) groups excluding carboxylic acids is 2. The number of nitrogens with two attached hydrogens (primary N) is 1. The van der Waals surface area contributed by atoms with Gasteiger partial charge in [-0.2, -0.15) is 4.98 Å². The fourth-order valence-corrected chi connectivity index (χ4v) is 2.09. The van der Waals surface area contributed by atoms with Gasteiger partial charge in [-0.25, -0.2) is 0 Å². The first-order valence-corrected chi connectivity index (χ1v) is 8.13. The van der Waals surface area contributed by atoms with Gasteiger partial charge in [0.25, 0.3) is 0 Å². The maximum atomic E-state index is 11.8. The highest BCUT2D eigenvalue weighted by molar-refractivity contribution is 6.30. The summed E-state index contributed by atoms with van der Waals surface area (Å²) in [5.41, 5.74) is 6.41. The molecule has 134 valence electrons. The van der Waals surface area contributed by atoms with Gasteiger partial charge in [0.15, 0.2) is 0 Å². The minimum atomic E-state index is -0.649. The number of carbonyl (C=O) groups is 2. The lowest BCUT2D eigenvalue weighted by atomic mass is 10.1. The molecule has 0 unspecified atom stereocenters. The molecule has 0 aliphatic heterocycles. The molecule has 0 saturated heterocycles. The van der Waals surface area contributed by atoms with Gasteiger partial charge >= 0.3 is 0 Å². The van der Waals surface area contributed by atoms with Crippen LogP contribution < -0.4 is 16.4 Å². The zero-order chi connectivity index (χ0) is 18.4. The standard InChI is InChI=1S/C16H20ClN5O3/c1-9(2)14(18)16(24)20-7-12(23)19-8-13-21-15(22-25-13)10-4-3-5-11(17)6-10/h3-6,9,14H,7-8,18H2,1-2H3,(H,19,23)(H,20,24)/t14-/m0/s1. The molecule has 0 radical (unpaired) electrons. The maximum absolute atomic E-state index is 11.8. The van der Waals surface area contributed by atoms with Crippen LogP contribution in [0.1, 0.15) is 19.7 Å². The SMILES string of the molecule is CC(C)[C@H](N)C(=O)NCC(=O)NCc1nc(-c2cccc(Cl)c2)no1. The molecule has 0 bridgehead atoms. The van der Waals surface area contributed by atoms with Gasteiger partial charge in [-0.15, -0.1) is 0 Å². The number of hydrogen-bond donors (Lipinski definition) is 3. The number of benzene rings is 1. The summed E-state index contributed by atoms with van der Waals surface area (Å²) < 4.78 is 5.08. The highest BCUT2D eigenvalue weighted by atomic mass is 35.5. The van der Waals surface area contributed by atoms with Crippen LogP contribution in [0.15, 0.2) is 28.8 Å². The molecular formula is C16H20ClN5O3. The predicted molar refractivity (Wildman–Crippen MR) is 92.4 cm³/mol. The van der Waals surface area contributed by atoms with Gasteiger partial charge in [0, 0.05) is 10.6 Å². The lowest BCUT2D eigenvalue weighted by molar-refractivity contribution is -0.127. The molecule has 1 aromatic carbocycles. The molecule has 2 amide bonds. The predicted octanol–water partition coefficient (Wildman–Crippen LogP) is 1.11. The first-order chi connectivity index (χ1) is 11.9. The maximum Gasteiger partial charge on any atom is 0.246 e. The molecule has 8 nitrogen and oxygen atoms in total. The summed E-state index contributed by atoms with van der Waals surface area (Å²) in [6, 6.07) is 6.38. The van der Waals surface area contributed by atoms with Crippen molar-refractivity contribution in [2.45, 2.75) is 26.4 Å². The molecule has 4 N–H and O–H groups in total. The molecule has 2 rings (SSSR count). The van der Waals surface area contributed by atoms with Gasteiger partial charge in [0.05, 0.1) is 19.1 Å². The topological polar surface area (TPSA) is 123 Å². The Hall–Kier alpha value is -2.45. The Kier molecular flexibility index (Phi) is 6.49. The van der Waals surface area contributed by atoms with Crippen molar-refractivity contribution in [1.29, 1.82) is 0 Å². The average Bonchev–Trinajstić information content (AvgIpc) is 3.06. The lowest BCUT2D eigenvalue weighted by Gasteiger charge is -2.14. The molecule has 1 heterocycles. The zero-order valence-electron chi connectivity index (χ0n) is 14.0. The smallest absolute Gasteiger partial charge is 0.246 e. The lowest BCUT2D eigenvalue weighted by Crippen LogP contribution is -2.47. The third-order valence-corrected chi connectivity index (χ3v) is 3.67. The summed E-state index contributed by atoms with van der Waals surface area (Å²) in [5, 5.41) is 9.46. The number of rotatable bonds is 7. The minimum Gasteiger partial charge on any atom is -0.346 e. The summed E-state index contributed by atoms with van der Waals surface area (Å²) in [6.07, 6.45) is 0. The molecule has 0 aliphatic carbocycles. The van der Waals surface area contributed by atoms with Gasteiger partial charge < -0.3 is 20.9 Å². The van der Waals surface area contributed by atoms with E-state index in [4.69, 9.17) is 21.9 Å². The van der Waals surface area contributed by atoms with E-state index < -0.39 is 6.04 Å². The molecule has 0 spiro atoms. The molecule has 9 heteroatoms. The number of hydrogen-bond acceptors (Lipinski definition) is 6. The Labute approximate surface area is 150 Å². The number of nitrogens with one attached hydrogen (secondary N) is 2. The van der Waals surface area contributed by atoms with Crippen LogP contribution in [0.5, 0.6) is 0 Å². The third kappa shape index (κ3) is 5.54. The third-order valence-electron chi connectivity index (χ3n) is 3.43. The normalized spacial score (nSPS) is 12.0. The Morgan fingerprint density at radius 2 is 2.08 bits per heavy atom. The van der Waals surface area contributed by atoms with E-state index in [1.54, 1.807) is 24.3 Å². The van der Waals surface area contributed by atoms with Crippen LogP contribution in [-0.4, -0.2) is 34.5 Å². The van der Waals surface area contributed by atoms with Crippen LogP contribution in [0, 0.1) is 5.92 Å². The van der Waals surface area contributed by atoms with E-state index in [-0.39, 0.29) is 36.7 Å². The van der Waals surface area contributed by atoms with E-state index in [1.165, 1.54) is 0 Å². The molecule has 0 fully saturated rings. The van der Waals surface area contributed by atoms with Crippen molar-refractivity contribution < 1.29 is 14.1 Å². The fraction of sp³-hybridized carbons (Fsp3) is 0.375. The highest BCUT2D eigenvalue weighted by Crippen LogP contribution is 2.19. The molecule has 1 atom stereocenters. The molecule has 25 heavy (non-hydrogen) atoms. The minimum absolute atomic E-state index is 0.00800. The van der Waals surface area contributed by atoms with E-state index >= 15 is 0 Å². The van der Waals surface area contributed by atoms with Crippen molar-refractivity contribution in [1.82, 2.24) is 20.8 Å². The van der Waals surface area contributed by atoms with Crippen molar-refractivity contribution in [2.75, 3.05) is 6.54 Å². The van der Waals surface area contributed by atoms with Crippen LogP contribution in [0.25, 0.3) is 11.4 Å². The molecular weight excluding hydrogens is 346 g/mol. The van der Waals surface area contributed by atoms with Crippen LogP contribution in [0.4, 0.5) is 0 Å². The van der Waals surface area contributed by atoms with Crippen molar-refractivity contribution >= 4 is 23.4 Å². The Balaban J connectivity index is 1.82. The van der Waals surface area contributed by atoms with Crippen LogP contribution in [0.2, 0.25) is 5.02 Å². The Morgan fingerprint density at radius 3 is 2.76 bits per heavy atom. The van der Waals surface area contributed by atoms with Crippen LogP contribution >= 0.6 is 11.6 Å². The van der Waals surface area contributed by atoms with Gasteiger partial charge in [-0.3, -0.25) is 9.59 Å². The Bertz CT molecular complexity index is 747. The second kappa shape index (κ2) is 8.59. The number of halogens is 1. The van der Waals surface area contributed by atoms with Crippen molar-refractivity contribution in [3.05, 3.63) is 35.2 Å². The van der Waals surface area contributed by atoms with Gasteiger partial charge in [0.2, 0.25) is 23.5 Å². The molecule has 2 aromatic rings. The molecule has 1 aromatic heterocycles. The van der Waals surface area contributed by atoms with Crippen molar-refractivity contribution in [3.63, 3.8) is 0 Å². The largest absolute Gasteiger partial charge is 0.346 e. The summed E-state index contributed by atoms with van der Waals surface area (Å²) in [5.74, 6) is -0.138. The summed E-state index contributed by atoms with van der Waals surface area (Å²) in [7, 11) is 0. The van der Waals surface area contributed by atoms with Gasteiger partial charge in [0.1, 0.15) is 0 Å². The zero-order valence-corrected chi connectivity index (χ0v) is 14.7. The molecule has 0 saturated carbocycles. The fourth-order valence-electron chi connectivity index (χ4n) is 1.90. The average molecular weight is 366 g/mol. The van der Waals surface area contributed by atoms with Crippen molar-refractivity contribution in [2.24, 2.45) is 11.7 Å². The molecule has 0 aliphatic rings. The van der Waals surface area contributed by atoms with E-state index in [9.17, 15) is 9.59 Å². The summed E-state index contributed by atoms with van der Waals surface area (Å²) in [6.45, 7) is 3.54. The van der Waals surface area contributed by atoms with E-state index in [1.807, 2.05) is 13.8 Å². The monoisotopic (exact) mass is 365 g/mol. The second-order valence-corrected chi connectivity index (χ2v) is 6.22. The van der Waals surface area contributed by atoms with E-state index in [2.05, 4.69) is 20.8 Å². The second-order valence-electron chi connectivity index (χ2n) is 5.79.